The summed E-state index contributed by atoms with van der Waals surface area (Å²) in [4.78, 5) is 4.39. The maximum atomic E-state index is 4.39. The van der Waals surface area contributed by atoms with E-state index in [4.69, 9.17) is 0 Å². The highest BCUT2D eigenvalue weighted by Gasteiger charge is 2.11. The molecule has 1 heterocycles. The van der Waals surface area contributed by atoms with Gasteiger partial charge in [-0.25, -0.2) is 0 Å². The number of pyridine rings is 1. The SMILES string of the molecule is CC(C)NCc1cncc(-c2ccc3c(c2)CCC3)c1. The summed E-state index contributed by atoms with van der Waals surface area (Å²) in [5.41, 5.74) is 6.82. The second kappa shape index (κ2) is 5.76. The van der Waals surface area contributed by atoms with Crippen LogP contribution in [0.5, 0.6) is 0 Å². The number of aromatic nitrogens is 1. The molecule has 0 unspecified atom stereocenters. The fourth-order valence-corrected chi connectivity index (χ4v) is 2.82. The molecule has 2 nitrogen and oxygen atoms in total. The molecule has 1 aromatic carbocycles. The molecule has 0 radical (unpaired) electrons. The predicted molar refractivity (Wildman–Crippen MR) is 83.7 cm³/mol. The minimum absolute atomic E-state index is 0.499. The number of hydrogen-bond acceptors (Lipinski definition) is 2. The molecule has 0 atom stereocenters. The summed E-state index contributed by atoms with van der Waals surface area (Å²) in [6.45, 7) is 5.21. The maximum absolute atomic E-state index is 4.39. The summed E-state index contributed by atoms with van der Waals surface area (Å²) >= 11 is 0. The first-order valence-electron chi connectivity index (χ1n) is 7.52. The highest BCUT2D eigenvalue weighted by molar-refractivity contribution is 5.65. The molecule has 1 aliphatic rings. The first-order chi connectivity index (χ1) is 9.72. The lowest BCUT2D eigenvalue weighted by molar-refractivity contribution is 0.588. The summed E-state index contributed by atoms with van der Waals surface area (Å²) in [5.74, 6) is 0. The van der Waals surface area contributed by atoms with Crippen LogP contribution >= 0.6 is 0 Å². The number of nitrogens with one attached hydrogen (secondary N) is 1. The Kier molecular flexibility index (Phi) is 3.83. The molecular formula is C18H22N2. The summed E-state index contributed by atoms with van der Waals surface area (Å²) in [7, 11) is 0. The van der Waals surface area contributed by atoms with Crippen molar-refractivity contribution in [1.82, 2.24) is 10.3 Å². The van der Waals surface area contributed by atoms with E-state index in [0.29, 0.717) is 6.04 Å². The van der Waals surface area contributed by atoms with Gasteiger partial charge in [-0.2, -0.15) is 0 Å². The van der Waals surface area contributed by atoms with Crippen LogP contribution < -0.4 is 5.32 Å². The van der Waals surface area contributed by atoms with Crippen molar-refractivity contribution in [2.24, 2.45) is 0 Å². The normalized spacial score (nSPS) is 13.8. The molecule has 2 heteroatoms. The van der Waals surface area contributed by atoms with Gasteiger partial charge in [0.1, 0.15) is 0 Å². The molecule has 0 saturated carbocycles. The van der Waals surface area contributed by atoms with E-state index in [9.17, 15) is 0 Å². The van der Waals surface area contributed by atoms with E-state index in [1.807, 2.05) is 12.4 Å². The molecule has 0 amide bonds. The highest BCUT2D eigenvalue weighted by atomic mass is 14.9. The fraction of sp³-hybridized carbons (Fsp3) is 0.389. The third kappa shape index (κ3) is 2.91. The second-order valence-corrected chi connectivity index (χ2v) is 5.95. The van der Waals surface area contributed by atoms with Crippen LogP contribution in [0.25, 0.3) is 11.1 Å². The maximum Gasteiger partial charge on any atom is 0.0346 e. The van der Waals surface area contributed by atoms with Gasteiger partial charge in [0.05, 0.1) is 0 Å². The number of nitrogens with zero attached hydrogens (tertiary/aromatic N) is 1. The van der Waals surface area contributed by atoms with Gasteiger partial charge in [-0.1, -0.05) is 32.0 Å². The number of hydrogen-bond donors (Lipinski definition) is 1. The minimum atomic E-state index is 0.499. The Bertz CT molecular complexity index is 602. The predicted octanol–water partition coefficient (Wildman–Crippen LogP) is 3.74. The molecular weight excluding hydrogens is 244 g/mol. The monoisotopic (exact) mass is 266 g/mol. The van der Waals surface area contributed by atoms with Crippen LogP contribution in [0, 0.1) is 0 Å². The van der Waals surface area contributed by atoms with Crippen molar-refractivity contribution in [3.05, 3.63) is 53.3 Å². The summed E-state index contributed by atoms with van der Waals surface area (Å²) in [6.07, 6.45) is 7.69. The van der Waals surface area contributed by atoms with E-state index >= 15 is 0 Å². The largest absolute Gasteiger partial charge is 0.310 e. The molecule has 3 rings (SSSR count). The Morgan fingerprint density at radius 1 is 1.05 bits per heavy atom. The third-order valence-electron chi connectivity index (χ3n) is 3.94. The van der Waals surface area contributed by atoms with Gasteiger partial charge in [0.2, 0.25) is 0 Å². The zero-order valence-corrected chi connectivity index (χ0v) is 12.3. The number of fused-ring (bicyclic) bond motifs is 1. The minimum Gasteiger partial charge on any atom is -0.310 e. The van der Waals surface area contributed by atoms with Crippen LogP contribution in [0.2, 0.25) is 0 Å². The summed E-state index contributed by atoms with van der Waals surface area (Å²) in [5, 5.41) is 3.44. The standard InChI is InChI=1S/C18H22N2/c1-13(2)20-11-14-8-18(12-19-10-14)17-7-6-15-4-3-5-16(15)9-17/h6-10,12-13,20H,3-5,11H2,1-2H3. The van der Waals surface area contributed by atoms with Crippen molar-refractivity contribution in [3.63, 3.8) is 0 Å². The molecule has 1 aliphatic carbocycles. The van der Waals surface area contributed by atoms with Gasteiger partial charge >= 0.3 is 0 Å². The zero-order chi connectivity index (χ0) is 13.9. The average molecular weight is 266 g/mol. The van der Waals surface area contributed by atoms with E-state index in [1.54, 1.807) is 0 Å². The van der Waals surface area contributed by atoms with Gasteiger partial charge < -0.3 is 5.32 Å². The summed E-state index contributed by atoms with van der Waals surface area (Å²) in [6, 6.07) is 9.62. The van der Waals surface area contributed by atoms with Gasteiger partial charge in [-0.3, -0.25) is 4.98 Å². The Labute approximate surface area is 121 Å². The molecule has 0 spiro atoms. The molecule has 104 valence electrons. The number of aryl methyl sites for hydroxylation is 2. The van der Waals surface area contributed by atoms with Crippen LogP contribution in [0.3, 0.4) is 0 Å². The van der Waals surface area contributed by atoms with E-state index in [1.165, 1.54) is 47.1 Å². The molecule has 1 N–H and O–H groups in total. The number of rotatable bonds is 4. The summed E-state index contributed by atoms with van der Waals surface area (Å²) < 4.78 is 0. The molecule has 0 fully saturated rings. The van der Waals surface area contributed by atoms with Gasteiger partial charge in [0.25, 0.3) is 0 Å². The van der Waals surface area contributed by atoms with Gasteiger partial charge in [-0.05, 0) is 47.6 Å². The Morgan fingerprint density at radius 3 is 2.75 bits per heavy atom. The first-order valence-corrected chi connectivity index (χ1v) is 7.52. The van der Waals surface area contributed by atoms with Gasteiger partial charge in [-0.15, -0.1) is 0 Å². The average Bonchev–Trinajstić information content (AvgIpc) is 2.93. The first kappa shape index (κ1) is 13.3. The zero-order valence-electron chi connectivity index (χ0n) is 12.3. The Morgan fingerprint density at radius 2 is 1.90 bits per heavy atom. The van der Waals surface area contributed by atoms with Crippen molar-refractivity contribution in [2.75, 3.05) is 0 Å². The fourth-order valence-electron chi connectivity index (χ4n) is 2.82. The smallest absolute Gasteiger partial charge is 0.0346 e. The van der Waals surface area contributed by atoms with E-state index in [0.717, 1.165) is 6.54 Å². The Hall–Kier alpha value is -1.67. The van der Waals surface area contributed by atoms with Crippen LogP contribution in [0.15, 0.2) is 36.7 Å². The molecule has 0 bridgehead atoms. The number of benzene rings is 1. The second-order valence-electron chi connectivity index (χ2n) is 5.95. The highest BCUT2D eigenvalue weighted by Crippen LogP contribution is 2.28. The lowest BCUT2D eigenvalue weighted by Gasteiger charge is -2.10. The lowest BCUT2D eigenvalue weighted by Crippen LogP contribution is -2.21. The molecule has 2 aromatic rings. The molecule has 1 aromatic heterocycles. The molecule has 0 aliphatic heterocycles. The van der Waals surface area contributed by atoms with Crippen LogP contribution in [0.4, 0.5) is 0 Å². The Balaban J connectivity index is 1.84. The van der Waals surface area contributed by atoms with Crippen molar-refractivity contribution in [3.8, 4) is 11.1 Å². The van der Waals surface area contributed by atoms with E-state index < -0.39 is 0 Å². The van der Waals surface area contributed by atoms with E-state index in [2.05, 4.69) is 48.4 Å². The van der Waals surface area contributed by atoms with Crippen LogP contribution in [-0.4, -0.2) is 11.0 Å². The third-order valence-corrected chi connectivity index (χ3v) is 3.94. The van der Waals surface area contributed by atoms with Crippen LogP contribution in [-0.2, 0) is 19.4 Å². The van der Waals surface area contributed by atoms with Crippen molar-refractivity contribution >= 4 is 0 Å². The van der Waals surface area contributed by atoms with Crippen molar-refractivity contribution < 1.29 is 0 Å². The molecule has 0 saturated heterocycles. The van der Waals surface area contributed by atoms with Gasteiger partial charge in [0, 0.05) is 30.5 Å². The van der Waals surface area contributed by atoms with E-state index in [-0.39, 0.29) is 0 Å². The van der Waals surface area contributed by atoms with Crippen LogP contribution in [0.1, 0.15) is 37.0 Å². The quantitative estimate of drug-likeness (QED) is 0.912. The topological polar surface area (TPSA) is 24.9 Å². The van der Waals surface area contributed by atoms with Crippen molar-refractivity contribution in [2.45, 2.75) is 45.7 Å². The molecule has 20 heavy (non-hydrogen) atoms. The lowest BCUT2D eigenvalue weighted by atomic mass is 10.0. The van der Waals surface area contributed by atoms with Gasteiger partial charge in [0.15, 0.2) is 0 Å². The van der Waals surface area contributed by atoms with Crippen molar-refractivity contribution in [1.29, 1.82) is 0 Å².